The molecule has 13 heteroatoms. The predicted molar refractivity (Wildman–Crippen MR) is 167 cm³/mol. The quantitative estimate of drug-likeness (QED) is 0.360. The molecular formula is C34H32F3N7O3. The molecule has 0 N–H and O–H groups in total. The van der Waals surface area contributed by atoms with Crippen LogP contribution in [0.4, 0.5) is 30.4 Å². The number of carbonyl (C=O) groups excluding carboxylic acids is 3. The van der Waals surface area contributed by atoms with E-state index < -0.39 is 41.6 Å². The van der Waals surface area contributed by atoms with Gasteiger partial charge < -0.3 is 14.7 Å². The molecule has 3 amide bonds. The number of halogens is 3. The Morgan fingerprint density at radius 2 is 1.96 bits per heavy atom. The van der Waals surface area contributed by atoms with Gasteiger partial charge in [-0.25, -0.2) is 4.98 Å². The molecule has 2 aromatic heterocycles. The van der Waals surface area contributed by atoms with E-state index in [9.17, 15) is 32.8 Å². The van der Waals surface area contributed by atoms with Gasteiger partial charge in [0.2, 0.25) is 17.7 Å². The first kappa shape index (κ1) is 31.7. The van der Waals surface area contributed by atoms with Gasteiger partial charge in [0.15, 0.2) is 0 Å². The molecule has 6 rings (SSSR count). The second-order valence-corrected chi connectivity index (χ2v) is 12.2. The number of nitriles is 1. The number of benzene rings is 1. The second kappa shape index (κ2) is 11.8. The summed E-state index contributed by atoms with van der Waals surface area (Å²) in [6.45, 7) is 7.73. The normalized spacial score (nSPS) is 20.7. The van der Waals surface area contributed by atoms with Gasteiger partial charge in [-0.15, -0.1) is 0 Å². The van der Waals surface area contributed by atoms with Crippen LogP contribution in [0.1, 0.15) is 52.5 Å². The number of carbonyl (C=O) groups is 3. The lowest BCUT2D eigenvalue weighted by molar-refractivity contribution is -0.137. The van der Waals surface area contributed by atoms with Crippen LogP contribution >= 0.6 is 0 Å². The van der Waals surface area contributed by atoms with E-state index in [4.69, 9.17) is 0 Å². The van der Waals surface area contributed by atoms with Crippen molar-refractivity contribution in [2.45, 2.75) is 58.0 Å². The first-order chi connectivity index (χ1) is 22.3. The number of aromatic nitrogens is 2. The van der Waals surface area contributed by atoms with E-state index in [1.807, 2.05) is 25.1 Å². The zero-order valence-corrected chi connectivity index (χ0v) is 26.1. The number of hydrogen-bond acceptors (Lipinski definition) is 7. The second-order valence-electron chi connectivity index (χ2n) is 12.2. The van der Waals surface area contributed by atoms with Gasteiger partial charge in [-0.3, -0.25) is 24.3 Å². The van der Waals surface area contributed by atoms with Crippen molar-refractivity contribution < 1.29 is 27.6 Å². The maximum atomic E-state index is 14.1. The van der Waals surface area contributed by atoms with E-state index >= 15 is 0 Å². The fourth-order valence-corrected chi connectivity index (χ4v) is 7.02. The largest absolute Gasteiger partial charge is 0.416 e. The van der Waals surface area contributed by atoms with E-state index in [1.165, 1.54) is 17.9 Å². The van der Waals surface area contributed by atoms with Crippen LogP contribution in [-0.4, -0.2) is 52.2 Å². The highest BCUT2D eigenvalue weighted by molar-refractivity contribution is 6.10. The third-order valence-corrected chi connectivity index (χ3v) is 9.11. The first-order valence-corrected chi connectivity index (χ1v) is 15.1. The molecule has 1 saturated heterocycles. The fourth-order valence-electron chi connectivity index (χ4n) is 7.02. The summed E-state index contributed by atoms with van der Waals surface area (Å²) in [5.74, 6) is -1.98. The number of anilines is 3. The summed E-state index contributed by atoms with van der Waals surface area (Å²) in [6, 6.07) is 9.80. The predicted octanol–water partition coefficient (Wildman–Crippen LogP) is 5.00. The molecule has 0 saturated carbocycles. The standard InChI is InChI=1S/C34H32F3N7O3/c1-5-29(45)43-18-25-24(26(43)9-10-38)12-21(15-39-25)16-42-17-22-13-30(46)44(28-14-23(34(35,36)37)11-20(3)40-28)32(22)33(47)41(4)27-8-6-7-19(2)31(27)42/h5-8,11-12,14-15,22,26,32H,1,9,13,16-18H2,2-4H3/t22-,26-,32+/m1/s1. The van der Waals surface area contributed by atoms with Gasteiger partial charge in [0.1, 0.15) is 11.9 Å². The third kappa shape index (κ3) is 5.58. The van der Waals surface area contributed by atoms with Crippen LogP contribution in [0.3, 0.4) is 0 Å². The number of nitrogens with zero attached hydrogens (tertiary/aromatic N) is 7. The summed E-state index contributed by atoms with van der Waals surface area (Å²) in [7, 11) is 1.60. The third-order valence-electron chi connectivity index (χ3n) is 9.11. The van der Waals surface area contributed by atoms with Crippen LogP contribution in [0.25, 0.3) is 0 Å². The summed E-state index contributed by atoms with van der Waals surface area (Å²) in [4.78, 5) is 55.4. The van der Waals surface area contributed by atoms with Gasteiger partial charge in [0.25, 0.3) is 0 Å². The van der Waals surface area contributed by atoms with Gasteiger partial charge in [-0.2, -0.15) is 18.4 Å². The molecule has 0 radical (unpaired) electrons. The van der Waals surface area contributed by atoms with Gasteiger partial charge >= 0.3 is 6.18 Å². The number of likely N-dealkylation sites (N-methyl/N-ethyl adjacent to an activating group) is 1. The molecule has 5 heterocycles. The van der Waals surface area contributed by atoms with Crippen molar-refractivity contribution in [2.75, 3.05) is 28.3 Å². The zero-order chi connectivity index (χ0) is 33.8. The van der Waals surface area contributed by atoms with E-state index in [2.05, 4.69) is 27.5 Å². The maximum absolute atomic E-state index is 14.1. The van der Waals surface area contributed by atoms with Crippen molar-refractivity contribution in [1.82, 2.24) is 14.9 Å². The van der Waals surface area contributed by atoms with Crippen LogP contribution in [0.5, 0.6) is 0 Å². The molecule has 3 aromatic rings. The highest BCUT2D eigenvalue weighted by Crippen LogP contribution is 2.43. The van der Waals surface area contributed by atoms with Crippen molar-refractivity contribution >= 4 is 34.9 Å². The summed E-state index contributed by atoms with van der Waals surface area (Å²) >= 11 is 0. The number of pyridine rings is 2. The minimum absolute atomic E-state index is 0.0652. The van der Waals surface area contributed by atoms with Gasteiger partial charge in [0.05, 0.1) is 47.7 Å². The van der Waals surface area contributed by atoms with E-state index in [1.54, 1.807) is 24.2 Å². The first-order valence-electron chi connectivity index (χ1n) is 15.1. The number of fused-ring (bicyclic) bond motifs is 3. The summed E-state index contributed by atoms with van der Waals surface area (Å²) < 4.78 is 41.3. The van der Waals surface area contributed by atoms with Gasteiger partial charge in [-0.1, -0.05) is 18.7 Å². The average Bonchev–Trinajstić information content (AvgIpc) is 3.54. The average molecular weight is 644 g/mol. The van der Waals surface area contributed by atoms with Crippen molar-refractivity contribution in [2.24, 2.45) is 5.92 Å². The minimum atomic E-state index is -4.66. The summed E-state index contributed by atoms with van der Waals surface area (Å²) in [5.41, 5.74) is 3.63. The molecule has 3 aliphatic heterocycles. The molecule has 3 aliphatic rings. The van der Waals surface area contributed by atoms with E-state index in [-0.39, 0.29) is 43.4 Å². The molecule has 0 spiro atoms. The number of hydrogen-bond donors (Lipinski definition) is 0. The van der Waals surface area contributed by atoms with Crippen LogP contribution in [0.2, 0.25) is 0 Å². The Morgan fingerprint density at radius 3 is 2.66 bits per heavy atom. The SMILES string of the molecule is C=CC(=O)N1Cc2ncc(CN3C[C@H]4CC(=O)N(c5cc(C(F)(F)F)cc(C)n5)[C@@H]4C(=O)N(C)c4cccc(C)c43)cc2[C@H]1CC#N. The lowest BCUT2D eigenvalue weighted by Crippen LogP contribution is -2.52. The van der Waals surface area contributed by atoms with Crippen molar-refractivity contribution in [3.8, 4) is 6.07 Å². The van der Waals surface area contributed by atoms with E-state index in [0.717, 1.165) is 39.4 Å². The molecule has 0 aliphatic carbocycles. The molecule has 47 heavy (non-hydrogen) atoms. The molecule has 10 nitrogen and oxygen atoms in total. The molecular weight excluding hydrogens is 611 g/mol. The monoisotopic (exact) mass is 643 g/mol. The Hall–Kier alpha value is -5.25. The number of amides is 3. The Morgan fingerprint density at radius 1 is 1.19 bits per heavy atom. The maximum Gasteiger partial charge on any atom is 0.416 e. The molecule has 1 fully saturated rings. The van der Waals surface area contributed by atoms with Crippen molar-refractivity contribution in [1.29, 1.82) is 5.26 Å². The smallest absolute Gasteiger partial charge is 0.365 e. The van der Waals surface area contributed by atoms with Gasteiger partial charge in [-0.05, 0) is 60.9 Å². The Bertz CT molecular complexity index is 1850. The molecule has 0 unspecified atom stereocenters. The number of para-hydroxylation sites is 1. The Kier molecular flexibility index (Phi) is 7.99. The number of rotatable bonds is 5. The van der Waals surface area contributed by atoms with Crippen molar-refractivity contribution in [3.05, 3.63) is 88.9 Å². The van der Waals surface area contributed by atoms with E-state index in [0.29, 0.717) is 17.9 Å². The van der Waals surface area contributed by atoms with Crippen LogP contribution in [0, 0.1) is 31.1 Å². The topological polar surface area (TPSA) is 114 Å². The number of aryl methyl sites for hydroxylation is 2. The molecule has 1 aromatic carbocycles. The van der Waals surface area contributed by atoms with Crippen LogP contribution < -0.4 is 14.7 Å². The molecule has 242 valence electrons. The Labute approximate surface area is 269 Å². The van der Waals surface area contributed by atoms with Gasteiger partial charge in [0, 0.05) is 44.4 Å². The lowest BCUT2D eigenvalue weighted by Gasteiger charge is -2.39. The highest BCUT2D eigenvalue weighted by atomic mass is 19.4. The van der Waals surface area contributed by atoms with Crippen LogP contribution in [-0.2, 0) is 33.6 Å². The Balaban J connectivity index is 1.41. The number of alkyl halides is 3. The van der Waals surface area contributed by atoms with Crippen molar-refractivity contribution in [3.63, 3.8) is 0 Å². The molecule has 0 bridgehead atoms. The van der Waals surface area contributed by atoms with Crippen LogP contribution in [0.15, 0.2) is 55.3 Å². The summed E-state index contributed by atoms with van der Waals surface area (Å²) in [6.07, 6.45) is -1.71. The summed E-state index contributed by atoms with van der Waals surface area (Å²) in [5, 5.41) is 9.51. The highest BCUT2D eigenvalue weighted by Gasteiger charge is 2.49. The fraction of sp³-hybridized carbons (Fsp3) is 0.353. The minimum Gasteiger partial charge on any atom is -0.365 e. The molecule has 3 atom stereocenters. The lowest BCUT2D eigenvalue weighted by atomic mass is 9.94. The zero-order valence-electron chi connectivity index (χ0n) is 26.1.